The first-order chi connectivity index (χ1) is 14.0. The number of amides is 2. The van der Waals surface area contributed by atoms with E-state index in [-0.39, 0.29) is 12.1 Å². The second-order valence-electron chi connectivity index (χ2n) is 7.33. The molecule has 8 heteroatoms. The maximum Gasteiger partial charge on any atom is 0.329 e. The van der Waals surface area contributed by atoms with Gasteiger partial charge in [0.2, 0.25) is 0 Å². The fraction of sp³-hybridized carbons (Fsp3) is 0.286. The van der Waals surface area contributed by atoms with Crippen LogP contribution in [0.5, 0.6) is 0 Å². The minimum Gasteiger partial charge on any atom is -0.384 e. The number of fused-ring (bicyclic) bond motifs is 1. The highest BCUT2D eigenvalue weighted by molar-refractivity contribution is 7.97. The number of hydrogen-bond donors (Lipinski definition) is 3. The first-order valence-electron chi connectivity index (χ1n) is 9.67. The number of nitrogen functional groups attached to an aromatic ring is 1. The summed E-state index contributed by atoms with van der Waals surface area (Å²) in [7, 11) is 0. The molecule has 0 saturated carbocycles. The van der Waals surface area contributed by atoms with Gasteiger partial charge in [-0.05, 0) is 68.0 Å². The topological polar surface area (TPSA) is 97.9 Å². The third-order valence-electron chi connectivity index (χ3n) is 4.97. The van der Waals surface area contributed by atoms with Crippen LogP contribution < -0.4 is 15.8 Å². The zero-order valence-electron chi connectivity index (χ0n) is 16.5. The molecular formula is C21H24N6OS. The Labute approximate surface area is 174 Å². The minimum atomic E-state index is -0.280. The van der Waals surface area contributed by atoms with Crippen LogP contribution in [0.3, 0.4) is 0 Å². The number of carbonyl (C=O) groups is 1. The standard InChI is InChI=1S/C21H24N6OS/c1-13(2)27-11-9-19(25-27)29-26-21(28)24-20-16-5-3-4-14(16)6-7-17(20)15-8-10-23-18(22)12-15/h6-13H,3-5H2,1-2H3,(H2,22,23)(H2,24,26,28). The van der Waals surface area contributed by atoms with Crippen LogP contribution in [0.1, 0.15) is 37.4 Å². The molecule has 0 spiro atoms. The molecule has 1 aliphatic rings. The maximum absolute atomic E-state index is 12.7. The van der Waals surface area contributed by atoms with E-state index in [0.717, 1.165) is 41.1 Å². The molecule has 0 aliphatic heterocycles. The molecule has 0 bridgehead atoms. The lowest BCUT2D eigenvalue weighted by Gasteiger charge is -2.16. The molecule has 4 rings (SSSR count). The monoisotopic (exact) mass is 408 g/mol. The molecule has 2 amide bonds. The summed E-state index contributed by atoms with van der Waals surface area (Å²) in [4.78, 5) is 16.7. The number of nitrogens with one attached hydrogen (secondary N) is 2. The Morgan fingerprint density at radius 3 is 2.86 bits per heavy atom. The third kappa shape index (κ3) is 4.22. The van der Waals surface area contributed by atoms with Crippen molar-refractivity contribution in [3.8, 4) is 11.1 Å². The minimum absolute atomic E-state index is 0.278. The predicted octanol–water partition coefficient (Wildman–Crippen LogP) is 4.43. The summed E-state index contributed by atoms with van der Waals surface area (Å²) in [5.74, 6) is 0.453. The van der Waals surface area contributed by atoms with Gasteiger partial charge in [-0.1, -0.05) is 12.1 Å². The van der Waals surface area contributed by atoms with Crippen molar-refractivity contribution in [2.24, 2.45) is 0 Å². The highest BCUT2D eigenvalue weighted by Crippen LogP contribution is 2.37. The number of aromatic nitrogens is 3. The number of carbonyl (C=O) groups excluding carboxylic acids is 1. The van der Waals surface area contributed by atoms with E-state index in [0.29, 0.717) is 5.82 Å². The van der Waals surface area contributed by atoms with Crippen LogP contribution >= 0.6 is 11.9 Å². The van der Waals surface area contributed by atoms with Gasteiger partial charge in [-0.2, -0.15) is 5.10 Å². The molecule has 2 heterocycles. The summed E-state index contributed by atoms with van der Waals surface area (Å²) < 4.78 is 4.69. The molecule has 3 aromatic rings. The molecule has 1 aromatic carbocycles. The average molecular weight is 409 g/mol. The molecular weight excluding hydrogens is 384 g/mol. The number of urea groups is 1. The van der Waals surface area contributed by atoms with Gasteiger partial charge in [-0.25, -0.2) is 9.78 Å². The summed E-state index contributed by atoms with van der Waals surface area (Å²) in [6.45, 7) is 4.12. The van der Waals surface area contributed by atoms with Crippen molar-refractivity contribution >= 4 is 29.5 Å². The number of nitrogens with zero attached hydrogens (tertiary/aromatic N) is 3. The van der Waals surface area contributed by atoms with E-state index in [1.165, 1.54) is 23.1 Å². The average Bonchev–Trinajstić information content (AvgIpc) is 3.36. The van der Waals surface area contributed by atoms with Crippen molar-refractivity contribution in [3.05, 3.63) is 53.9 Å². The van der Waals surface area contributed by atoms with Crippen LogP contribution in [0.4, 0.5) is 16.3 Å². The Morgan fingerprint density at radius 1 is 1.24 bits per heavy atom. The number of hydrogen-bond acceptors (Lipinski definition) is 5. The molecule has 1 aliphatic carbocycles. The van der Waals surface area contributed by atoms with E-state index in [1.807, 2.05) is 35.1 Å². The zero-order valence-corrected chi connectivity index (χ0v) is 17.3. The van der Waals surface area contributed by atoms with Crippen LogP contribution in [0, 0.1) is 0 Å². The number of anilines is 2. The van der Waals surface area contributed by atoms with Gasteiger partial charge >= 0.3 is 6.03 Å². The lowest BCUT2D eigenvalue weighted by molar-refractivity contribution is 0.257. The van der Waals surface area contributed by atoms with E-state index in [2.05, 4.69) is 40.0 Å². The summed E-state index contributed by atoms with van der Waals surface area (Å²) in [5, 5.41) is 8.24. The summed E-state index contributed by atoms with van der Waals surface area (Å²) >= 11 is 1.20. The second kappa shape index (κ2) is 8.16. The van der Waals surface area contributed by atoms with Crippen LogP contribution in [-0.2, 0) is 12.8 Å². The Kier molecular flexibility index (Phi) is 5.44. The lowest BCUT2D eigenvalue weighted by atomic mass is 9.98. The van der Waals surface area contributed by atoms with Gasteiger partial charge in [0, 0.05) is 35.9 Å². The third-order valence-corrected chi connectivity index (χ3v) is 5.69. The second-order valence-corrected chi connectivity index (χ2v) is 8.16. The Hall–Kier alpha value is -3.00. The number of benzene rings is 1. The van der Waals surface area contributed by atoms with Gasteiger partial charge in [0.25, 0.3) is 0 Å². The van der Waals surface area contributed by atoms with Crippen LogP contribution in [0.15, 0.2) is 47.8 Å². The van der Waals surface area contributed by atoms with Crippen molar-refractivity contribution in [3.63, 3.8) is 0 Å². The summed E-state index contributed by atoms with van der Waals surface area (Å²) in [6.07, 6.45) is 6.66. The Morgan fingerprint density at radius 2 is 2.10 bits per heavy atom. The van der Waals surface area contributed by atoms with Crippen LogP contribution in [0.25, 0.3) is 11.1 Å². The van der Waals surface area contributed by atoms with E-state index >= 15 is 0 Å². The molecule has 4 N–H and O–H groups in total. The predicted molar refractivity (Wildman–Crippen MR) is 117 cm³/mol. The molecule has 2 aromatic heterocycles. The maximum atomic E-state index is 12.7. The number of nitrogens with two attached hydrogens (primary N) is 1. The van der Waals surface area contributed by atoms with Crippen molar-refractivity contribution in [1.82, 2.24) is 19.5 Å². The number of pyridine rings is 1. The molecule has 29 heavy (non-hydrogen) atoms. The molecule has 0 atom stereocenters. The highest BCUT2D eigenvalue weighted by atomic mass is 32.2. The lowest BCUT2D eigenvalue weighted by Crippen LogP contribution is -2.24. The van der Waals surface area contributed by atoms with E-state index < -0.39 is 0 Å². The van der Waals surface area contributed by atoms with Crippen LogP contribution in [0.2, 0.25) is 0 Å². The quantitative estimate of drug-likeness (QED) is 0.543. The van der Waals surface area contributed by atoms with Crippen molar-refractivity contribution in [2.75, 3.05) is 11.1 Å². The van der Waals surface area contributed by atoms with Crippen molar-refractivity contribution in [2.45, 2.75) is 44.2 Å². The normalized spacial score (nSPS) is 12.8. The summed E-state index contributed by atoms with van der Waals surface area (Å²) in [6, 6.07) is 9.81. The van der Waals surface area contributed by atoms with Crippen molar-refractivity contribution in [1.29, 1.82) is 0 Å². The molecule has 0 unspecified atom stereocenters. The van der Waals surface area contributed by atoms with Gasteiger partial charge in [0.1, 0.15) is 10.8 Å². The fourth-order valence-corrected chi connectivity index (χ4v) is 4.08. The molecule has 0 fully saturated rings. The molecule has 150 valence electrons. The smallest absolute Gasteiger partial charge is 0.329 e. The number of rotatable bonds is 5. The van der Waals surface area contributed by atoms with Gasteiger partial charge < -0.3 is 11.1 Å². The molecule has 0 radical (unpaired) electrons. The first kappa shape index (κ1) is 19.3. The van der Waals surface area contributed by atoms with Crippen molar-refractivity contribution < 1.29 is 4.79 Å². The first-order valence-corrected chi connectivity index (χ1v) is 10.5. The Balaban J connectivity index is 1.55. The summed E-state index contributed by atoms with van der Waals surface area (Å²) in [5.41, 5.74) is 11.1. The van der Waals surface area contributed by atoms with E-state index in [4.69, 9.17) is 5.73 Å². The Bertz CT molecular complexity index is 1050. The van der Waals surface area contributed by atoms with E-state index in [1.54, 1.807) is 6.20 Å². The molecule has 0 saturated heterocycles. The SMILES string of the molecule is CC(C)n1ccc(SNC(=O)Nc2c(-c3ccnc(N)c3)ccc3c2CCC3)n1. The molecule has 7 nitrogen and oxygen atoms in total. The van der Waals surface area contributed by atoms with Gasteiger partial charge in [-0.3, -0.25) is 9.40 Å². The van der Waals surface area contributed by atoms with Gasteiger partial charge in [0.05, 0.1) is 5.69 Å². The van der Waals surface area contributed by atoms with Gasteiger partial charge in [0.15, 0.2) is 0 Å². The fourth-order valence-electron chi connectivity index (χ4n) is 3.57. The highest BCUT2D eigenvalue weighted by Gasteiger charge is 2.20. The van der Waals surface area contributed by atoms with Gasteiger partial charge in [-0.15, -0.1) is 0 Å². The zero-order chi connectivity index (χ0) is 20.4. The van der Waals surface area contributed by atoms with E-state index in [9.17, 15) is 4.79 Å². The number of aryl methyl sites for hydroxylation is 1. The van der Waals surface area contributed by atoms with Crippen LogP contribution in [-0.4, -0.2) is 20.8 Å². The largest absolute Gasteiger partial charge is 0.384 e.